The molecule has 3 nitrogen and oxygen atoms in total. The van der Waals surface area contributed by atoms with Crippen molar-refractivity contribution in [3.05, 3.63) is 0 Å². The summed E-state index contributed by atoms with van der Waals surface area (Å²) in [5, 5.41) is 6.42. The third kappa shape index (κ3) is 2.76. The Morgan fingerprint density at radius 1 is 1.50 bits per heavy atom. The molecule has 2 N–H and O–H groups in total. The Kier molecular flexibility index (Phi) is 3.85. The fraction of sp³-hybridized carbons (Fsp3) is 0.923. The average Bonchev–Trinajstić information content (AvgIpc) is 2.99. The van der Waals surface area contributed by atoms with E-state index in [1.54, 1.807) is 0 Å². The molecule has 1 aliphatic heterocycles. The lowest BCUT2D eigenvalue weighted by Gasteiger charge is -2.25. The van der Waals surface area contributed by atoms with E-state index < -0.39 is 0 Å². The van der Waals surface area contributed by atoms with E-state index >= 15 is 0 Å². The highest BCUT2D eigenvalue weighted by atomic mass is 16.2. The molecule has 3 heteroatoms. The minimum Gasteiger partial charge on any atom is -0.356 e. The molecule has 1 atom stereocenters. The van der Waals surface area contributed by atoms with Crippen LogP contribution in [0.3, 0.4) is 0 Å². The minimum absolute atomic E-state index is 0.112. The van der Waals surface area contributed by atoms with Crippen LogP contribution in [0.25, 0.3) is 0 Å². The van der Waals surface area contributed by atoms with E-state index in [4.69, 9.17) is 0 Å². The van der Waals surface area contributed by atoms with Crippen molar-refractivity contribution in [1.29, 1.82) is 0 Å². The SMILES string of the molecule is CCC1(C(=O)NCCCC2CC2)CCNC1. The molecule has 1 heterocycles. The minimum atomic E-state index is -0.112. The van der Waals surface area contributed by atoms with Crippen molar-refractivity contribution >= 4 is 5.91 Å². The van der Waals surface area contributed by atoms with Crippen molar-refractivity contribution in [3.63, 3.8) is 0 Å². The quantitative estimate of drug-likeness (QED) is 0.674. The van der Waals surface area contributed by atoms with Crippen molar-refractivity contribution in [3.8, 4) is 0 Å². The molecular formula is C13H24N2O. The highest BCUT2D eigenvalue weighted by Gasteiger charge is 2.39. The van der Waals surface area contributed by atoms with Gasteiger partial charge in [-0.2, -0.15) is 0 Å². The smallest absolute Gasteiger partial charge is 0.227 e. The van der Waals surface area contributed by atoms with Crippen LogP contribution in [-0.4, -0.2) is 25.5 Å². The number of hydrogen-bond donors (Lipinski definition) is 2. The number of carbonyl (C=O) groups is 1. The first-order valence-electron chi connectivity index (χ1n) is 6.76. The molecule has 0 aromatic carbocycles. The summed E-state index contributed by atoms with van der Waals surface area (Å²) in [4.78, 5) is 12.1. The molecule has 0 aromatic rings. The highest BCUT2D eigenvalue weighted by molar-refractivity contribution is 5.83. The molecular weight excluding hydrogens is 200 g/mol. The normalized spacial score (nSPS) is 29.3. The molecule has 1 unspecified atom stereocenters. The highest BCUT2D eigenvalue weighted by Crippen LogP contribution is 2.33. The molecule has 0 aromatic heterocycles. The van der Waals surface area contributed by atoms with Crippen LogP contribution in [0.1, 0.15) is 45.4 Å². The van der Waals surface area contributed by atoms with E-state index in [-0.39, 0.29) is 11.3 Å². The van der Waals surface area contributed by atoms with Crippen LogP contribution in [0.2, 0.25) is 0 Å². The number of hydrogen-bond acceptors (Lipinski definition) is 2. The second kappa shape index (κ2) is 5.17. The van der Waals surface area contributed by atoms with Crippen molar-refractivity contribution in [2.75, 3.05) is 19.6 Å². The first kappa shape index (κ1) is 11.9. The Hall–Kier alpha value is -0.570. The molecule has 2 aliphatic rings. The molecule has 0 bridgehead atoms. The molecule has 92 valence electrons. The van der Waals surface area contributed by atoms with Gasteiger partial charge in [-0.15, -0.1) is 0 Å². The van der Waals surface area contributed by atoms with Gasteiger partial charge in [-0.05, 0) is 38.1 Å². The summed E-state index contributed by atoms with van der Waals surface area (Å²) in [6, 6.07) is 0. The predicted molar refractivity (Wildman–Crippen MR) is 65.2 cm³/mol. The summed E-state index contributed by atoms with van der Waals surface area (Å²) in [5.41, 5.74) is -0.112. The number of amides is 1. The van der Waals surface area contributed by atoms with Crippen LogP contribution in [0.15, 0.2) is 0 Å². The molecule has 0 radical (unpaired) electrons. The summed E-state index contributed by atoms with van der Waals surface area (Å²) in [5.74, 6) is 1.25. The zero-order valence-corrected chi connectivity index (χ0v) is 10.3. The van der Waals surface area contributed by atoms with Gasteiger partial charge in [-0.1, -0.05) is 19.8 Å². The Morgan fingerprint density at radius 2 is 2.31 bits per heavy atom. The van der Waals surface area contributed by atoms with Gasteiger partial charge in [-0.25, -0.2) is 0 Å². The monoisotopic (exact) mass is 224 g/mol. The zero-order chi connectivity index (χ0) is 11.4. The maximum absolute atomic E-state index is 12.1. The van der Waals surface area contributed by atoms with E-state index in [2.05, 4.69) is 17.6 Å². The zero-order valence-electron chi connectivity index (χ0n) is 10.3. The van der Waals surface area contributed by atoms with Crippen LogP contribution in [0.5, 0.6) is 0 Å². The summed E-state index contributed by atoms with van der Waals surface area (Å²) in [6.45, 7) is 4.84. The fourth-order valence-corrected chi connectivity index (χ4v) is 2.59. The first-order chi connectivity index (χ1) is 7.77. The molecule has 1 amide bonds. The van der Waals surface area contributed by atoms with Crippen LogP contribution < -0.4 is 10.6 Å². The molecule has 1 aliphatic carbocycles. The van der Waals surface area contributed by atoms with Gasteiger partial charge in [0.2, 0.25) is 5.91 Å². The lowest BCUT2D eigenvalue weighted by Crippen LogP contribution is -2.42. The second-order valence-electron chi connectivity index (χ2n) is 5.40. The number of nitrogens with one attached hydrogen (secondary N) is 2. The van der Waals surface area contributed by atoms with Gasteiger partial charge in [0, 0.05) is 13.1 Å². The van der Waals surface area contributed by atoms with Gasteiger partial charge in [0.1, 0.15) is 0 Å². The topological polar surface area (TPSA) is 41.1 Å². The van der Waals surface area contributed by atoms with Gasteiger partial charge in [0.15, 0.2) is 0 Å². The van der Waals surface area contributed by atoms with Gasteiger partial charge < -0.3 is 10.6 Å². The number of carbonyl (C=O) groups excluding carboxylic acids is 1. The van der Waals surface area contributed by atoms with Crippen molar-refractivity contribution in [2.45, 2.75) is 45.4 Å². The van der Waals surface area contributed by atoms with Crippen molar-refractivity contribution in [1.82, 2.24) is 10.6 Å². The lowest BCUT2D eigenvalue weighted by atomic mass is 9.83. The van der Waals surface area contributed by atoms with Crippen LogP contribution in [0, 0.1) is 11.3 Å². The van der Waals surface area contributed by atoms with E-state index in [0.717, 1.165) is 44.8 Å². The van der Waals surface area contributed by atoms with E-state index in [9.17, 15) is 4.79 Å². The average molecular weight is 224 g/mol. The Morgan fingerprint density at radius 3 is 2.88 bits per heavy atom. The Bertz CT molecular complexity index is 242. The molecule has 0 spiro atoms. The fourth-order valence-electron chi connectivity index (χ4n) is 2.59. The van der Waals surface area contributed by atoms with Crippen molar-refractivity contribution in [2.24, 2.45) is 11.3 Å². The van der Waals surface area contributed by atoms with E-state index in [0.29, 0.717) is 0 Å². The lowest BCUT2D eigenvalue weighted by molar-refractivity contribution is -0.130. The summed E-state index contributed by atoms with van der Waals surface area (Å²) in [7, 11) is 0. The number of rotatable bonds is 6. The standard InChI is InChI=1S/C13H24N2O/c1-2-13(7-9-14-10-13)12(16)15-8-3-4-11-5-6-11/h11,14H,2-10H2,1H3,(H,15,16). The summed E-state index contributed by atoms with van der Waals surface area (Å²) < 4.78 is 0. The molecule has 1 saturated heterocycles. The first-order valence-corrected chi connectivity index (χ1v) is 6.76. The van der Waals surface area contributed by atoms with Crippen LogP contribution in [0.4, 0.5) is 0 Å². The Labute approximate surface area is 98.4 Å². The predicted octanol–water partition coefficient (Wildman–Crippen LogP) is 1.68. The molecule has 2 fully saturated rings. The second-order valence-corrected chi connectivity index (χ2v) is 5.40. The third-order valence-corrected chi connectivity index (χ3v) is 4.17. The molecule has 16 heavy (non-hydrogen) atoms. The molecule has 2 rings (SSSR count). The van der Waals surface area contributed by atoms with Crippen LogP contribution in [-0.2, 0) is 4.79 Å². The maximum Gasteiger partial charge on any atom is 0.227 e. The third-order valence-electron chi connectivity index (χ3n) is 4.17. The largest absolute Gasteiger partial charge is 0.356 e. The Balaban J connectivity index is 1.68. The maximum atomic E-state index is 12.1. The van der Waals surface area contributed by atoms with Gasteiger partial charge in [0.25, 0.3) is 0 Å². The summed E-state index contributed by atoms with van der Waals surface area (Å²) in [6.07, 6.45) is 7.24. The van der Waals surface area contributed by atoms with Gasteiger partial charge in [-0.3, -0.25) is 4.79 Å². The molecule has 1 saturated carbocycles. The summed E-state index contributed by atoms with van der Waals surface area (Å²) >= 11 is 0. The van der Waals surface area contributed by atoms with Gasteiger partial charge in [0.05, 0.1) is 5.41 Å². The van der Waals surface area contributed by atoms with Crippen molar-refractivity contribution < 1.29 is 4.79 Å². The van der Waals surface area contributed by atoms with E-state index in [1.807, 2.05) is 0 Å². The van der Waals surface area contributed by atoms with E-state index in [1.165, 1.54) is 19.3 Å². The van der Waals surface area contributed by atoms with Crippen LogP contribution >= 0.6 is 0 Å². The van der Waals surface area contributed by atoms with Gasteiger partial charge >= 0.3 is 0 Å².